The zero-order valence-electron chi connectivity index (χ0n) is 15.1. The lowest BCUT2D eigenvalue weighted by atomic mass is 9.75. The lowest BCUT2D eigenvalue weighted by Crippen LogP contribution is -2.38. The SMILES string of the molecule is Cc1ccc(CN2CC[C@](CCc3ccsc3)(C3CCCO3)C2)cn1. The number of pyridine rings is 1. The van der Waals surface area contributed by atoms with Gasteiger partial charge in [-0.05, 0) is 79.6 Å². The van der Waals surface area contributed by atoms with Crippen LogP contribution in [0.2, 0.25) is 0 Å². The summed E-state index contributed by atoms with van der Waals surface area (Å²) in [4.78, 5) is 7.07. The Labute approximate surface area is 155 Å². The number of aryl methyl sites for hydroxylation is 2. The molecule has 0 radical (unpaired) electrons. The van der Waals surface area contributed by atoms with E-state index in [4.69, 9.17) is 4.74 Å². The van der Waals surface area contributed by atoms with Crippen molar-refractivity contribution in [1.82, 2.24) is 9.88 Å². The Balaban J connectivity index is 1.44. The van der Waals surface area contributed by atoms with Gasteiger partial charge in [0, 0.05) is 37.0 Å². The van der Waals surface area contributed by atoms with Crippen LogP contribution in [0.15, 0.2) is 35.2 Å². The quantitative estimate of drug-likeness (QED) is 0.764. The van der Waals surface area contributed by atoms with Crippen LogP contribution in [0.4, 0.5) is 0 Å². The van der Waals surface area contributed by atoms with Crippen molar-refractivity contribution in [2.75, 3.05) is 19.7 Å². The Hall–Kier alpha value is -1.23. The maximum atomic E-state index is 6.19. The molecule has 0 bridgehead atoms. The molecule has 3 nitrogen and oxygen atoms in total. The number of ether oxygens (including phenoxy) is 1. The number of thiophene rings is 1. The molecule has 0 aliphatic carbocycles. The minimum atomic E-state index is 0.330. The van der Waals surface area contributed by atoms with Crippen molar-refractivity contribution in [3.63, 3.8) is 0 Å². The van der Waals surface area contributed by atoms with E-state index >= 15 is 0 Å². The van der Waals surface area contributed by atoms with Gasteiger partial charge in [0.2, 0.25) is 0 Å². The van der Waals surface area contributed by atoms with Crippen LogP contribution in [0.25, 0.3) is 0 Å². The molecule has 2 aromatic heterocycles. The Morgan fingerprint density at radius 1 is 1.32 bits per heavy atom. The summed E-state index contributed by atoms with van der Waals surface area (Å²) in [6.45, 7) is 6.35. The van der Waals surface area contributed by atoms with Crippen LogP contribution < -0.4 is 0 Å². The minimum Gasteiger partial charge on any atom is -0.378 e. The van der Waals surface area contributed by atoms with Crippen molar-refractivity contribution >= 4 is 11.3 Å². The summed E-state index contributed by atoms with van der Waals surface area (Å²) < 4.78 is 6.19. The molecule has 2 fully saturated rings. The summed E-state index contributed by atoms with van der Waals surface area (Å²) in [6.07, 6.45) is 8.65. The largest absolute Gasteiger partial charge is 0.378 e. The van der Waals surface area contributed by atoms with Gasteiger partial charge >= 0.3 is 0 Å². The lowest BCUT2D eigenvalue weighted by molar-refractivity contribution is -0.00180. The van der Waals surface area contributed by atoms with E-state index in [0.29, 0.717) is 11.5 Å². The third-order valence-corrected chi connectivity index (χ3v) is 6.68. The molecule has 0 saturated carbocycles. The van der Waals surface area contributed by atoms with Crippen molar-refractivity contribution in [2.24, 2.45) is 5.41 Å². The summed E-state index contributed by atoms with van der Waals surface area (Å²) in [5.41, 5.74) is 4.24. The van der Waals surface area contributed by atoms with Crippen LogP contribution in [0.3, 0.4) is 0 Å². The topological polar surface area (TPSA) is 25.4 Å². The molecule has 4 rings (SSSR count). The highest BCUT2D eigenvalue weighted by atomic mass is 32.1. The Bertz CT molecular complexity index is 664. The van der Waals surface area contributed by atoms with E-state index < -0.39 is 0 Å². The van der Waals surface area contributed by atoms with E-state index in [9.17, 15) is 0 Å². The van der Waals surface area contributed by atoms with Gasteiger partial charge in [-0.25, -0.2) is 0 Å². The average molecular weight is 357 g/mol. The van der Waals surface area contributed by atoms with Crippen LogP contribution in [0, 0.1) is 12.3 Å². The Morgan fingerprint density at radius 3 is 3.00 bits per heavy atom. The minimum absolute atomic E-state index is 0.330. The summed E-state index contributed by atoms with van der Waals surface area (Å²) in [5, 5.41) is 4.49. The van der Waals surface area contributed by atoms with Gasteiger partial charge in [0.25, 0.3) is 0 Å². The van der Waals surface area contributed by atoms with E-state index in [1.165, 1.54) is 49.8 Å². The molecule has 2 aliphatic rings. The number of likely N-dealkylation sites (tertiary alicyclic amines) is 1. The second-order valence-corrected chi connectivity index (χ2v) is 8.54. The lowest BCUT2D eigenvalue weighted by Gasteiger charge is -2.35. The first-order valence-corrected chi connectivity index (χ1v) is 10.4. The van der Waals surface area contributed by atoms with E-state index in [0.717, 1.165) is 25.4 Å². The van der Waals surface area contributed by atoms with Crippen molar-refractivity contribution < 1.29 is 4.74 Å². The van der Waals surface area contributed by atoms with Crippen molar-refractivity contribution in [3.8, 4) is 0 Å². The Morgan fingerprint density at radius 2 is 2.28 bits per heavy atom. The van der Waals surface area contributed by atoms with Crippen molar-refractivity contribution in [1.29, 1.82) is 0 Å². The molecule has 2 aromatic rings. The van der Waals surface area contributed by atoms with Crippen LogP contribution in [-0.4, -0.2) is 35.7 Å². The zero-order valence-corrected chi connectivity index (χ0v) is 15.9. The summed E-state index contributed by atoms with van der Waals surface area (Å²) in [5.74, 6) is 0. The second kappa shape index (κ2) is 7.56. The van der Waals surface area contributed by atoms with Crippen molar-refractivity contribution in [3.05, 3.63) is 52.0 Å². The first kappa shape index (κ1) is 17.2. The molecule has 2 atom stereocenters. The standard InChI is InChI=1S/C21H28N2OS/c1-17-4-5-19(13-22-17)14-23-10-9-21(16-23,20-3-2-11-24-20)8-6-18-7-12-25-15-18/h4-5,7,12-13,15,20H,2-3,6,8-11,14,16H2,1H3/t20?,21-/m0/s1. The van der Waals surface area contributed by atoms with Crippen LogP contribution in [0.1, 0.15) is 42.5 Å². The molecular weight excluding hydrogens is 328 g/mol. The molecule has 4 heterocycles. The molecule has 4 heteroatoms. The van der Waals surface area contributed by atoms with E-state index in [-0.39, 0.29) is 0 Å². The third-order valence-electron chi connectivity index (χ3n) is 5.95. The molecule has 0 spiro atoms. The van der Waals surface area contributed by atoms with Crippen LogP contribution in [-0.2, 0) is 17.7 Å². The van der Waals surface area contributed by atoms with Crippen molar-refractivity contribution in [2.45, 2.75) is 51.7 Å². The third kappa shape index (κ3) is 3.97. The molecule has 0 amide bonds. The maximum absolute atomic E-state index is 6.19. The Kier molecular flexibility index (Phi) is 5.20. The number of hydrogen-bond acceptors (Lipinski definition) is 4. The van der Waals surface area contributed by atoms with Crippen LogP contribution >= 0.6 is 11.3 Å². The fourth-order valence-corrected chi connectivity index (χ4v) is 5.19. The molecule has 0 N–H and O–H groups in total. The predicted molar refractivity (Wildman–Crippen MR) is 103 cm³/mol. The zero-order chi connectivity index (χ0) is 17.1. The number of rotatable bonds is 6. The normalized spacial score (nSPS) is 27.2. The molecular formula is C21H28N2OS. The highest BCUT2D eigenvalue weighted by molar-refractivity contribution is 7.07. The first-order chi connectivity index (χ1) is 12.2. The molecule has 2 saturated heterocycles. The van der Waals surface area contributed by atoms with E-state index in [2.05, 4.69) is 38.8 Å². The highest BCUT2D eigenvalue weighted by Crippen LogP contribution is 2.44. The molecule has 25 heavy (non-hydrogen) atoms. The van der Waals surface area contributed by atoms with E-state index in [1.807, 2.05) is 24.5 Å². The van der Waals surface area contributed by atoms with E-state index in [1.54, 1.807) is 0 Å². The second-order valence-electron chi connectivity index (χ2n) is 7.76. The smallest absolute Gasteiger partial charge is 0.0645 e. The number of nitrogens with zero attached hydrogens (tertiary/aromatic N) is 2. The first-order valence-electron chi connectivity index (χ1n) is 9.50. The highest BCUT2D eigenvalue weighted by Gasteiger charge is 2.45. The van der Waals surface area contributed by atoms with Gasteiger partial charge in [-0.1, -0.05) is 6.07 Å². The van der Waals surface area contributed by atoms with Gasteiger partial charge in [-0.2, -0.15) is 11.3 Å². The summed E-state index contributed by atoms with van der Waals surface area (Å²) in [7, 11) is 0. The maximum Gasteiger partial charge on any atom is 0.0645 e. The van der Waals surface area contributed by atoms with Gasteiger partial charge in [0.05, 0.1) is 6.10 Å². The fraction of sp³-hybridized carbons (Fsp3) is 0.571. The molecule has 134 valence electrons. The molecule has 0 aromatic carbocycles. The summed E-state index contributed by atoms with van der Waals surface area (Å²) >= 11 is 1.81. The predicted octanol–water partition coefficient (Wildman–Crippen LogP) is 4.46. The number of aromatic nitrogens is 1. The van der Waals surface area contributed by atoms with Gasteiger partial charge in [0.1, 0.15) is 0 Å². The van der Waals surface area contributed by atoms with Gasteiger partial charge in [0.15, 0.2) is 0 Å². The molecule has 1 unspecified atom stereocenters. The van der Waals surface area contributed by atoms with Gasteiger partial charge in [-0.3, -0.25) is 9.88 Å². The van der Waals surface area contributed by atoms with Gasteiger partial charge < -0.3 is 4.74 Å². The monoisotopic (exact) mass is 356 g/mol. The fourth-order valence-electron chi connectivity index (χ4n) is 4.49. The number of hydrogen-bond donors (Lipinski definition) is 0. The average Bonchev–Trinajstić information content (AvgIpc) is 3.38. The van der Waals surface area contributed by atoms with Crippen LogP contribution in [0.5, 0.6) is 0 Å². The molecule has 2 aliphatic heterocycles. The van der Waals surface area contributed by atoms with Gasteiger partial charge in [-0.15, -0.1) is 0 Å². The summed E-state index contributed by atoms with van der Waals surface area (Å²) in [6, 6.07) is 6.62.